The number of carbonyl (C=O) groups is 2. The molecule has 0 saturated heterocycles. The highest BCUT2D eigenvalue weighted by Crippen LogP contribution is 2.29. The van der Waals surface area contributed by atoms with Crippen LogP contribution in [0.25, 0.3) is 0 Å². The molecule has 158 valence electrons. The van der Waals surface area contributed by atoms with Crippen molar-refractivity contribution in [3.05, 3.63) is 89.0 Å². The van der Waals surface area contributed by atoms with Crippen molar-refractivity contribution in [3.63, 3.8) is 0 Å². The summed E-state index contributed by atoms with van der Waals surface area (Å²) >= 11 is 0. The molecule has 0 aromatic heterocycles. The molecule has 0 heterocycles. The lowest BCUT2D eigenvalue weighted by Gasteiger charge is -2.11. The van der Waals surface area contributed by atoms with E-state index < -0.39 is 11.9 Å². The van der Waals surface area contributed by atoms with E-state index in [4.69, 9.17) is 9.47 Å². The Bertz CT molecular complexity index is 1110. The third kappa shape index (κ3) is 5.70. The quantitative estimate of drug-likeness (QED) is 0.261. The van der Waals surface area contributed by atoms with Crippen LogP contribution in [0.1, 0.15) is 38.8 Å². The summed E-state index contributed by atoms with van der Waals surface area (Å²) in [5.74, 6) is -0.504. The molecule has 7 nitrogen and oxygen atoms in total. The maximum Gasteiger partial charge on any atom is 0.343 e. The minimum absolute atomic E-state index is 0.119. The number of benzene rings is 3. The van der Waals surface area contributed by atoms with E-state index in [0.29, 0.717) is 23.5 Å². The van der Waals surface area contributed by atoms with E-state index in [0.717, 1.165) is 5.56 Å². The van der Waals surface area contributed by atoms with Gasteiger partial charge in [0.15, 0.2) is 11.5 Å². The van der Waals surface area contributed by atoms with Gasteiger partial charge in [0, 0.05) is 0 Å². The molecule has 0 bridgehead atoms. The Morgan fingerprint density at radius 2 is 1.77 bits per heavy atom. The monoisotopic (exact) mass is 418 g/mol. The van der Waals surface area contributed by atoms with Crippen molar-refractivity contribution < 1.29 is 24.2 Å². The molecule has 3 aromatic rings. The third-order valence-corrected chi connectivity index (χ3v) is 4.29. The first-order valence-corrected chi connectivity index (χ1v) is 9.65. The minimum atomic E-state index is -0.539. The number of phenolic OH excluding ortho intramolecular Hbond substituents is 1. The zero-order chi connectivity index (χ0) is 22.2. The first-order valence-electron chi connectivity index (χ1n) is 9.65. The molecule has 0 aliphatic carbocycles. The van der Waals surface area contributed by atoms with Gasteiger partial charge in [-0.15, -0.1) is 0 Å². The molecule has 0 aliphatic rings. The van der Waals surface area contributed by atoms with Gasteiger partial charge in [0.2, 0.25) is 0 Å². The summed E-state index contributed by atoms with van der Waals surface area (Å²) in [6.07, 6.45) is 1.42. The first-order chi connectivity index (χ1) is 15.0. The maximum absolute atomic E-state index is 12.4. The number of aromatic hydroxyl groups is 1. The normalized spacial score (nSPS) is 10.6. The van der Waals surface area contributed by atoms with Gasteiger partial charge in [0.05, 0.1) is 23.9 Å². The predicted octanol–water partition coefficient (Wildman–Crippen LogP) is 4.08. The van der Waals surface area contributed by atoms with Gasteiger partial charge in [-0.05, 0) is 61.9 Å². The molecule has 3 aromatic carbocycles. The molecule has 0 saturated carbocycles. The summed E-state index contributed by atoms with van der Waals surface area (Å²) in [5, 5.41) is 13.6. The molecule has 0 spiro atoms. The van der Waals surface area contributed by atoms with Crippen LogP contribution in [-0.2, 0) is 0 Å². The fraction of sp³-hybridized carbons (Fsp3) is 0.125. The van der Waals surface area contributed by atoms with Gasteiger partial charge >= 0.3 is 5.97 Å². The van der Waals surface area contributed by atoms with Crippen LogP contribution in [0.2, 0.25) is 0 Å². The van der Waals surface area contributed by atoms with E-state index in [1.54, 1.807) is 42.5 Å². The Kier molecular flexibility index (Phi) is 7.01. The second kappa shape index (κ2) is 10.1. The van der Waals surface area contributed by atoms with Crippen LogP contribution < -0.4 is 14.9 Å². The van der Waals surface area contributed by atoms with E-state index in [9.17, 15) is 14.7 Å². The number of hydrogen-bond donors (Lipinski definition) is 2. The number of nitrogens with zero attached hydrogens (tertiary/aromatic N) is 1. The maximum atomic E-state index is 12.4. The lowest BCUT2D eigenvalue weighted by Crippen LogP contribution is -2.17. The number of aryl methyl sites for hydroxylation is 1. The van der Waals surface area contributed by atoms with Crippen molar-refractivity contribution in [2.75, 3.05) is 6.61 Å². The lowest BCUT2D eigenvalue weighted by atomic mass is 10.1. The minimum Gasteiger partial charge on any atom is -0.507 e. The Labute approximate surface area is 179 Å². The average Bonchev–Trinajstić information content (AvgIpc) is 2.76. The molecule has 3 rings (SSSR count). The Morgan fingerprint density at radius 1 is 1.03 bits per heavy atom. The first kappa shape index (κ1) is 21.6. The topological polar surface area (TPSA) is 97.2 Å². The fourth-order valence-corrected chi connectivity index (χ4v) is 2.70. The van der Waals surface area contributed by atoms with E-state index in [1.165, 1.54) is 18.3 Å². The summed E-state index contributed by atoms with van der Waals surface area (Å²) in [5.41, 5.74) is 4.58. The molecule has 0 atom stereocenters. The number of esters is 1. The Morgan fingerprint density at radius 3 is 2.48 bits per heavy atom. The second-order valence-electron chi connectivity index (χ2n) is 6.61. The molecule has 0 unspecified atom stereocenters. The van der Waals surface area contributed by atoms with E-state index >= 15 is 0 Å². The zero-order valence-corrected chi connectivity index (χ0v) is 17.2. The predicted molar refractivity (Wildman–Crippen MR) is 117 cm³/mol. The highest BCUT2D eigenvalue weighted by molar-refractivity contribution is 5.97. The van der Waals surface area contributed by atoms with Crippen LogP contribution in [0.3, 0.4) is 0 Å². The van der Waals surface area contributed by atoms with Gasteiger partial charge in [-0.25, -0.2) is 10.2 Å². The number of phenols is 1. The van der Waals surface area contributed by atoms with E-state index in [1.807, 2.05) is 26.0 Å². The van der Waals surface area contributed by atoms with Crippen LogP contribution in [-0.4, -0.2) is 29.8 Å². The highest BCUT2D eigenvalue weighted by atomic mass is 16.6. The molecule has 31 heavy (non-hydrogen) atoms. The van der Waals surface area contributed by atoms with Crippen molar-refractivity contribution in [2.24, 2.45) is 5.10 Å². The number of rotatable bonds is 7. The SMILES string of the molecule is CCOc1cc(/C=N/NC(=O)c2ccccc2O)ccc1OC(=O)c1ccc(C)cc1. The van der Waals surface area contributed by atoms with E-state index in [2.05, 4.69) is 10.5 Å². The number of ether oxygens (including phenoxy) is 2. The molecule has 0 fully saturated rings. The zero-order valence-electron chi connectivity index (χ0n) is 17.2. The van der Waals surface area contributed by atoms with Gasteiger partial charge in [-0.2, -0.15) is 5.10 Å². The number of para-hydroxylation sites is 1. The lowest BCUT2D eigenvalue weighted by molar-refractivity contribution is 0.0728. The van der Waals surface area contributed by atoms with Gasteiger partial charge < -0.3 is 14.6 Å². The molecule has 7 heteroatoms. The van der Waals surface area contributed by atoms with Crippen molar-refractivity contribution in [1.82, 2.24) is 5.43 Å². The number of carbonyl (C=O) groups excluding carboxylic acids is 2. The third-order valence-electron chi connectivity index (χ3n) is 4.29. The molecular weight excluding hydrogens is 396 g/mol. The summed E-state index contributed by atoms with van der Waals surface area (Å²) in [4.78, 5) is 24.5. The van der Waals surface area contributed by atoms with E-state index in [-0.39, 0.29) is 17.1 Å². The van der Waals surface area contributed by atoms with Crippen molar-refractivity contribution in [1.29, 1.82) is 0 Å². The van der Waals surface area contributed by atoms with Crippen molar-refractivity contribution in [2.45, 2.75) is 13.8 Å². The van der Waals surface area contributed by atoms with Gasteiger partial charge in [-0.1, -0.05) is 29.8 Å². The summed E-state index contributed by atoms with van der Waals surface area (Å²) < 4.78 is 11.1. The van der Waals surface area contributed by atoms with Crippen LogP contribution in [0, 0.1) is 6.92 Å². The van der Waals surface area contributed by atoms with Crippen LogP contribution in [0.15, 0.2) is 71.8 Å². The number of nitrogens with one attached hydrogen (secondary N) is 1. The Balaban J connectivity index is 1.71. The van der Waals surface area contributed by atoms with Crippen LogP contribution >= 0.6 is 0 Å². The van der Waals surface area contributed by atoms with Gasteiger partial charge in [0.1, 0.15) is 5.75 Å². The second-order valence-corrected chi connectivity index (χ2v) is 6.61. The average molecular weight is 418 g/mol. The molecular formula is C24H22N2O5. The standard InChI is InChI=1S/C24H22N2O5/c1-3-30-22-14-17(15-25-26-23(28)19-6-4-5-7-20(19)27)10-13-21(22)31-24(29)18-11-8-16(2)9-12-18/h4-15,27H,3H2,1-2H3,(H,26,28)/b25-15+. The largest absolute Gasteiger partial charge is 0.507 e. The van der Waals surface area contributed by atoms with Crippen molar-refractivity contribution >= 4 is 18.1 Å². The number of hydrazone groups is 1. The molecule has 0 radical (unpaired) electrons. The van der Waals surface area contributed by atoms with Crippen LogP contribution in [0.5, 0.6) is 17.2 Å². The summed E-state index contributed by atoms with van der Waals surface area (Å²) in [7, 11) is 0. The number of hydrogen-bond acceptors (Lipinski definition) is 6. The molecule has 1 amide bonds. The summed E-state index contributed by atoms with van der Waals surface area (Å²) in [6, 6.07) is 18.2. The van der Waals surface area contributed by atoms with Crippen LogP contribution in [0.4, 0.5) is 0 Å². The molecule has 0 aliphatic heterocycles. The smallest absolute Gasteiger partial charge is 0.343 e. The number of amides is 1. The fourth-order valence-electron chi connectivity index (χ4n) is 2.70. The molecule has 2 N–H and O–H groups in total. The van der Waals surface area contributed by atoms with Crippen molar-refractivity contribution in [3.8, 4) is 17.2 Å². The van der Waals surface area contributed by atoms with Gasteiger partial charge in [-0.3, -0.25) is 4.79 Å². The van der Waals surface area contributed by atoms with Gasteiger partial charge in [0.25, 0.3) is 5.91 Å². The summed E-state index contributed by atoms with van der Waals surface area (Å²) in [6.45, 7) is 4.13. The highest BCUT2D eigenvalue weighted by Gasteiger charge is 2.13. The Hall–Kier alpha value is -4.13.